The topological polar surface area (TPSA) is 63.7 Å². The van der Waals surface area contributed by atoms with E-state index in [1.54, 1.807) is 20.8 Å². The first-order chi connectivity index (χ1) is 6.85. The van der Waals surface area contributed by atoms with Crippen LogP contribution in [0.2, 0.25) is 0 Å². The molecule has 0 aromatic heterocycles. The van der Waals surface area contributed by atoms with Gasteiger partial charge in [-0.1, -0.05) is 0 Å². The summed E-state index contributed by atoms with van der Waals surface area (Å²) in [6.07, 6.45) is 0.487. The molecule has 1 saturated heterocycles. The Bertz CT molecular complexity index is 292. The van der Waals surface area contributed by atoms with Crippen LogP contribution in [0, 0.1) is 0 Å². The van der Waals surface area contributed by atoms with Crippen molar-refractivity contribution in [3.63, 3.8) is 0 Å². The maximum Gasteiger partial charge on any atom is 0.417 e. The summed E-state index contributed by atoms with van der Waals surface area (Å²) in [4.78, 5) is 34.4. The zero-order chi connectivity index (χ0) is 11.6. The molecule has 0 spiro atoms. The largest absolute Gasteiger partial charge is 0.443 e. The van der Waals surface area contributed by atoms with Crippen LogP contribution in [0.5, 0.6) is 0 Å². The molecule has 84 valence electrons. The summed E-state index contributed by atoms with van der Waals surface area (Å²) in [5.74, 6) is -0.346. The lowest BCUT2D eigenvalue weighted by atomic mass is 10.2. The van der Waals surface area contributed by atoms with Gasteiger partial charge in [0.25, 0.3) is 0 Å². The lowest BCUT2D eigenvalue weighted by Gasteiger charge is -2.25. The van der Waals surface area contributed by atoms with E-state index in [4.69, 9.17) is 4.74 Å². The lowest BCUT2D eigenvalue weighted by molar-refractivity contribution is -0.130. The molecule has 0 aromatic rings. The molecule has 1 atom stereocenters. The SMILES string of the molecule is CC(C)(C)OC(=O)N1C(=O)CCC1C=O. The number of likely N-dealkylation sites (tertiary alicyclic amines) is 1. The van der Waals surface area contributed by atoms with E-state index in [0.717, 1.165) is 4.90 Å². The highest BCUT2D eigenvalue weighted by atomic mass is 16.6. The number of carbonyl (C=O) groups is 3. The van der Waals surface area contributed by atoms with Crippen molar-refractivity contribution in [1.82, 2.24) is 4.90 Å². The van der Waals surface area contributed by atoms with E-state index in [-0.39, 0.29) is 12.3 Å². The predicted molar refractivity (Wildman–Crippen MR) is 52.2 cm³/mol. The monoisotopic (exact) mass is 213 g/mol. The third kappa shape index (κ3) is 2.78. The molecule has 0 bridgehead atoms. The fraction of sp³-hybridized carbons (Fsp3) is 0.700. The quantitative estimate of drug-likeness (QED) is 0.612. The molecule has 1 rings (SSSR count). The summed E-state index contributed by atoms with van der Waals surface area (Å²) in [6, 6.07) is -0.660. The second-order valence-corrected chi connectivity index (χ2v) is 4.49. The van der Waals surface area contributed by atoms with Gasteiger partial charge in [0.2, 0.25) is 5.91 Å². The van der Waals surface area contributed by atoms with Crippen LogP contribution >= 0.6 is 0 Å². The number of hydrogen-bond donors (Lipinski definition) is 0. The van der Waals surface area contributed by atoms with Gasteiger partial charge < -0.3 is 9.53 Å². The number of hydrogen-bond acceptors (Lipinski definition) is 4. The number of ether oxygens (including phenoxy) is 1. The Morgan fingerprint density at radius 2 is 2.13 bits per heavy atom. The summed E-state index contributed by atoms with van der Waals surface area (Å²) in [7, 11) is 0. The summed E-state index contributed by atoms with van der Waals surface area (Å²) in [5.41, 5.74) is -0.659. The van der Waals surface area contributed by atoms with E-state index in [0.29, 0.717) is 12.7 Å². The second-order valence-electron chi connectivity index (χ2n) is 4.49. The molecule has 1 unspecified atom stereocenters. The fourth-order valence-corrected chi connectivity index (χ4v) is 1.38. The standard InChI is InChI=1S/C10H15NO4/c1-10(2,3)15-9(14)11-7(6-12)4-5-8(11)13/h6-7H,4-5H2,1-3H3. The molecule has 0 radical (unpaired) electrons. The van der Waals surface area contributed by atoms with Crippen LogP contribution in [0.3, 0.4) is 0 Å². The van der Waals surface area contributed by atoms with Crippen molar-refractivity contribution in [3.8, 4) is 0 Å². The smallest absolute Gasteiger partial charge is 0.417 e. The molecule has 15 heavy (non-hydrogen) atoms. The minimum Gasteiger partial charge on any atom is -0.443 e. The number of nitrogens with zero attached hydrogens (tertiary/aromatic N) is 1. The zero-order valence-corrected chi connectivity index (χ0v) is 9.15. The van der Waals surface area contributed by atoms with Crippen molar-refractivity contribution >= 4 is 18.3 Å². The first kappa shape index (κ1) is 11.7. The van der Waals surface area contributed by atoms with Crippen molar-refractivity contribution in [1.29, 1.82) is 0 Å². The average molecular weight is 213 g/mol. The summed E-state index contributed by atoms with van der Waals surface area (Å²) >= 11 is 0. The molecule has 2 amide bonds. The van der Waals surface area contributed by atoms with Crippen LogP contribution < -0.4 is 0 Å². The highest BCUT2D eigenvalue weighted by Gasteiger charge is 2.38. The summed E-state index contributed by atoms with van der Waals surface area (Å²) in [5, 5.41) is 0. The number of imide groups is 1. The summed E-state index contributed by atoms with van der Waals surface area (Å²) in [6.45, 7) is 5.13. The van der Waals surface area contributed by atoms with Crippen molar-refractivity contribution in [2.75, 3.05) is 0 Å². The minimum absolute atomic E-state index is 0.225. The van der Waals surface area contributed by atoms with Gasteiger partial charge in [-0.15, -0.1) is 0 Å². The van der Waals surface area contributed by atoms with Gasteiger partial charge in [-0.05, 0) is 27.2 Å². The molecule has 1 aliphatic heterocycles. The van der Waals surface area contributed by atoms with Gasteiger partial charge >= 0.3 is 6.09 Å². The first-order valence-corrected chi connectivity index (χ1v) is 4.85. The Kier molecular flexibility index (Phi) is 3.12. The average Bonchev–Trinajstić information content (AvgIpc) is 2.43. The Hall–Kier alpha value is -1.39. The molecule has 0 saturated carbocycles. The van der Waals surface area contributed by atoms with E-state index >= 15 is 0 Å². The molecule has 5 nitrogen and oxygen atoms in total. The molecule has 5 heteroatoms. The van der Waals surface area contributed by atoms with Crippen LogP contribution in [-0.2, 0) is 14.3 Å². The number of amides is 2. The van der Waals surface area contributed by atoms with Crippen LogP contribution in [-0.4, -0.2) is 34.8 Å². The van der Waals surface area contributed by atoms with E-state index in [9.17, 15) is 14.4 Å². The lowest BCUT2D eigenvalue weighted by Crippen LogP contribution is -2.42. The first-order valence-electron chi connectivity index (χ1n) is 4.85. The minimum atomic E-state index is -0.734. The van der Waals surface area contributed by atoms with Crippen molar-refractivity contribution < 1.29 is 19.1 Å². The van der Waals surface area contributed by atoms with Crippen LogP contribution in [0.1, 0.15) is 33.6 Å². The van der Waals surface area contributed by atoms with Gasteiger partial charge in [0.05, 0.1) is 6.04 Å². The number of rotatable bonds is 1. The van der Waals surface area contributed by atoms with Gasteiger partial charge in [-0.3, -0.25) is 4.79 Å². The van der Waals surface area contributed by atoms with Crippen LogP contribution in [0.25, 0.3) is 0 Å². The molecule has 0 N–H and O–H groups in total. The van der Waals surface area contributed by atoms with E-state index in [1.807, 2.05) is 0 Å². The van der Waals surface area contributed by atoms with E-state index < -0.39 is 17.7 Å². The Balaban J connectivity index is 2.73. The third-order valence-electron chi connectivity index (χ3n) is 2.00. The van der Waals surface area contributed by atoms with Crippen molar-refractivity contribution in [3.05, 3.63) is 0 Å². The van der Waals surface area contributed by atoms with E-state index in [2.05, 4.69) is 0 Å². The Labute approximate surface area is 88.4 Å². The second kappa shape index (κ2) is 4.00. The normalized spacial score (nSPS) is 21.7. The van der Waals surface area contributed by atoms with Crippen LogP contribution in [0.15, 0.2) is 0 Å². The van der Waals surface area contributed by atoms with E-state index in [1.165, 1.54) is 0 Å². The zero-order valence-electron chi connectivity index (χ0n) is 9.15. The Morgan fingerprint density at radius 3 is 2.60 bits per heavy atom. The van der Waals surface area contributed by atoms with Crippen molar-refractivity contribution in [2.45, 2.75) is 45.3 Å². The van der Waals surface area contributed by atoms with Gasteiger partial charge in [-0.2, -0.15) is 0 Å². The van der Waals surface area contributed by atoms with Gasteiger partial charge in [-0.25, -0.2) is 9.69 Å². The third-order valence-corrected chi connectivity index (χ3v) is 2.00. The Morgan fingerprint density at radius 1 is 1.53 bits per heavy atom. The van der Waals surface area contributed by atoms with Gasteiger partial charge in [0.15, 0.2) is 0 Å². The van der Waals surface area contributed by atoms with Crippen LogP contribution in [0.4, 0.5) is 4.79 Å². The molecule has 0 aliphatic carbocycles. The van der Waals surface area contributed by atoms with Gasteiger partial charge in [0, 0.05) is 6.42 Å². The molecule has 1 heterocycles. The number of aldehydes is 1. The fourth-order valence-electron chi connectivity index (χ4n) is 1.38. The van der Waals surface area contributed by atoms with Crippen molar-refractivity contribution in [2.24, 2.45) is 0 Å². The molecule has 0 aromatic carbocycles. The maximum atomic E-state index is 11.6. The van der Waals surface area contributed by atoms with Gasteiger partial charge in [0.1, 0.15) is 11.9 Å². The molecule has 1 fully saturated rings. The highest BCUT2D eigenvalue weighted by molar-refractivity contribution is 5.97. The molecular formula is C10H15NO4. The highest BCUT2D eigenvalue weighted by Crippen LogP contribution is 2.20. The predicted octanol–water partition coefficient (Wildman–Crippen LogP) is 1.11. The molecular weight excluding hydrogens is 198 g/mol. The molecule has 1 aliphatic rings. The summed E-state index contributed by atoms with van der Waals surface area (Å²) < 4.78 is 5.03. The maximum absolute atomic E-state index is 11.6. The number of carbonyl (C=O) groups excluding carboxylic acids is 3.